The van der Waals surface area contributed by atoms with Gasteiger partial charge in [0.1, 0.15) is 0 Å². The monoisotopic (exact) mass is 309 g/mol. The van der Waals surface area contributed by atoms with Crippen LogP contribution in [0.3, 0.4) is 0 Å². The molecule has 0 bridgehead atoms. The van der Waals surface area contributed by atoms with Crippen molar-refractivity contribution in [2.45, 2.75) is 6.42 Å². The van der Waals surface area contributed by atoms with Crippen LogP contribution in [-0.2, 0) is 6.42 Å². The van der Waals surface area contributed by atoms with E-state index in [1.54, 1.807) is 11.3 Å². The molecule has 0 aliphatic carbocycles. The first-order valence-electron chi connectivity index (χ1n) is 5.32. The average molecular weight is 310 g/mol. The van der Waals surface area contributed by atoms with Gasteiger partial charge in [0.05, 0.1) is 0 Å². The smallest absolute Gasteiger partial charge is 0.251 e. The third kappa shape index (κ3) is 3.68. The number of halogens is 1. The van der Waals surface area contributed by atoms with Crippen LogP contribution in [0, 0.1) is 0 Å². The normalized spacial score (nSPS) is 10.2. The maximum absolute atomic E-state index is 11.8. The van der Waals surface area contributed by atoms with Crippen LogP contribution in [0.4, 0.5) is 0 Å². The summed E-state index contributed by atoms with van der Waals surface area (Å²) < 4.78 is 0.979. The molecule has 88 valence electrons. The van der Waals surface area contributed by atoms with Crippen molar-refractivity contribution in [3.05, 3.63) is 56.7 Å². The van der Waals surface area contributed by atoms with Gasteiger partial charge in [0.25, 0.3) is 5.91 Å². The molecule has 0 spiro atoms. The Hall–Kier alpha value is -1.13. The molecule has 17 heavy (non-hydrogen) atoms. The molecule has 1 N–H and O–H groups in total. The predicted octanol–water partition coefficient (Wildman–Crippen LogP) is 3.48. The Labute approximate surface area is 113 Å². The molecule has 0 saturated heterocycles. The van der Waals surface area contributed by atoms with Crippen molar-refractivity contribution in [1.29, 1.82) is 0 Å². The summed E-state index contributed by atoms with van der Waals surface area (Å²) in [5.41, 5.74) is 0.694. The van der Waals surface area contributed by atoms with E-state index in [1.807, 2.05) is 35.7 Å². The molecule has 0 aliphatic rings. The largest absolute Gasteiger partial charge is 0.352 e. The Morgan fingerprint density at radius 3 is 2.65 bits per heavy atom. The highest BCUT2D eigenvalue weighted by Crippen LogP contribution is 2.11. The van der Waals surface area contributed by atoms with Crippen LogP contribution in [0.1, 0.15) is 15.2 Å². The SMILES string of the molecule is O=C(NCCc1cccs1)c1ccc(Br)cc1. The van der Waals surface area contributed by atoms with Gasteiger partial charge in [-0.3, -0.25) is 4.79 Å². The van der Waals surface area contributed by atoms with Gasteiger partial charge in [-0.1, -0.05) is 22.0 Å². The zero-order valence-electron chi connectivity index (χ0n) is 9.15. The van der Waals surface area contributed by atoms with Crippen LogP contribution in [0.2, 0.25) is 0 Å². The minimum absolute atomic E-state index is 0.0194. The number of amides is 1. The third-order valence-corrected chi connectivity index (χ3v) is 3.81. The van der Waals surface area contributed by atoms with E-state index in [0.717, 1.165) is 10.9 Å². The lowest BCUT2D eigenvalue weighted by molar-refractivity contribution is 0.0954. The summed E-state index contributed by atoms with van der Waals surface area (Å²) in [5, 5.41) is 4.96. The van der Waals surface area contributed by atoms with Gasteiger partial charge in [-0.25, -0.2) is 0 Å². The van der Waals surface area contributed by atoms with Gasteiger partial charge in [-0.2, -0.15) is 0 Å². The van der Waals surface area contributed by atoms with E-state index < -0.39 is 0 Å². The lowest BCUT2D eigenvalue weighted by Crippen LogP contribution is -2.25. The van der Waals surface area contributed by atoms with Crippen LogP contribution >= 0.6 is 27.3 Å². The van der Waals surface area contributed by atoms with Crippen molar-refractivity contribution in [2.24, 2.45) is 0 Å². The van der Waals surface area contributed by atoms with Gasteiger partial charge < -0.3 is 5.32 Å². The Morgan fingerprint density at radius 1 is 1.24 bits per heavy atom. The van der Waals surface area contributed by atoms with Crippen molar-refractivity contribution in [3.8, 4) is 0 Å². The standard InChI is InChI=1S/C13H12BrNOS/c14-11-5-3-10(4-6-11)13(16)15-8-7-12-2-1-9-17-12/h1-6,9H,7-8H2,(H,15,16). The second kappa shape index (κ2) is 5.98. The molecule has 0 unspecified atom stereocenters. The van der Waals surface area contributed by atoms with Gasteiger partial charge >= 0.3 is 0 Å². The summed E-state index contributed by atoms with van der Waals surface area (Å²) in [4.78, 5) is 13.1. The van der Waals surface area contributed by atoms with E-state index in [9.17, 15) is 4.79 Å². The van der Waals surface area contributed by atoms with E-state index in [4.69, 9.17) is 0 Å². The van der Waals surface area contributed by atoms with Crippen molar-refractivity contribution in [2.75, 3.05) is 6.54 Å². The molecule has 2 aromatic rings. The van der Waals surface area contributed by atoms with Gasteiger partial charge in [-0.05, 0) is 42.1 Å². The van der Waals surface area contributed by atoms with Crippen LogP contribution in [-0.4, -0.2) is 12.5 Å². The Bertz CT molecular complexity index is 479. The Kier molecular flexibility index (Phi) is 4.34. The number of benzene rings is 1. The fraction of sp³-hybridized carbons (Fsp3) is 0.154. The molecule has 2 rings (SSSR count). The molecule has 1 aromatic carbocycles. The van der Waals surface area contributed by atoms with Gasteiger partial charge in [0.2, 0.25) is 0 Å². The number of carbonyl (C=O) groups is 1. The molecule has 1 amide bonds. The number of thiophene rings is 1. The van der Waals surface area contributed by atoms with Crippen molar-refractivity contribution >= 4 is 33.2 Å². The predicted molar refractivity (Wildman–Crippen MR) is 74.5 cm³/mol. The summed E-state index contributed by atoms with van der Waals surface area (Å²) in [6, 6.07) is 11.5. The summed E-state index contributed by atoms with van der Waals surface area (Å²) in [6.45, 7) is 0.676. The molecule has 0 saturated carbocycles. The molecule has 0 radical (unpaired) electrons. The summed E-state index contributed by atoms with van der Waals surface area (Å²) >= 11 is 5.06. The molecule has 0 aliphatic heterocycles. The zero-order chi connectivity index (χ0) is 12.1. The maximum atomic E-state index is 11.8. The van der Waals surface area contributed by atoms with Crippen LogP contribution in [0.5, 0.6) is 0 Å². The number of rotatable bonds is 4. The van der Waals surface area contributed by atoms with Gasteiger partial charge in [0, 0.05) is 21.5 Å². The quantitative estimate of drug-likeness (QED) is 0.920. The Balaban J connectivity index is 1.83. The van der Waals surface area contributed by atoms with Crippen molar-refractivity contribution in [3.63, 3.8) is 0 Å². The zero-order valence-corrected chi connectivity index (χ0v) is 11.6. The van der Waals surface area contributed by atoms with E-state index in [0.29, 0.717) is 12.1 Å². The minimum Gasteiger partial charge on any atom is -0.352 e. The highest BCUT2D eigenvalue weighted by Gasteiger charge is 2.04. The summed E-state index contributed by atoms with van der Waals surface area (Å²) in [5.74, 6) is -0.0194. The average Bonchev–Trinajstić information content (AvgIpc) is 2.83. The topological polar surface area (TPSA) is 29.1 Å². The molecule has 2 nitrogen and oxygen atoms in total. The number of carbonyl (C=O) groups excluding carboxylic acids is 1. The lowest BCUT2D eigenvalue weighted by atomic mass is 10.2. The van der Waals surface area contributed by atoms with E-state index in [1.165, 1.54) is 4.88 Å². The van der Waals surface area contributed by atoms with Crippen LogP contribution < -0.4 is 5.32 Å². The fourth-order valence-corrected chi connectivity index (χ4v) is 2.43. The van der Waals surface area contributed by atoms with Gasteiger partial charge in [-0.15, -0.1) is 11.3 Å². The number of hydrogen-bond acceptors (Lipinski definition) is 2. The Morgan fingerprint density at radius 2 is 2.00 bits per heavy atom. The highest BCUT2D eigenvalue weighted by atomic mass is 79.9. The van der Waals surface area contributed by atoms with Gasteiger partial charge in [0.15, 0.2) is 0 Å². The first-order chi connectivity index (χ1) is 8.25. The van der Waals surface area contributed by atoms with Crippen molar-refractivity contribution < 1.29 is 4.79 Å². The molecule has 1 heterocycles. The molecule has 4 heteroatoms. The lowest BCUT2D eigenvalue weighted by Gasteiger charge is -2.04. The number of nitrogens with one attached hydrogen (secondary N) is 1. The molecule has 1 aromatic heterocycles. The molecule has 0 fully saturated rings. The summed E-state index contributed by atoms with van der Waals surface area (Å²) in [7, 11) is 0. The maximum Gasteiger partial charge on any atom is 0.251 e. The van der Waals surface area contributed by atoms with E-state index in [2.05, 4.69) is 27.3 Å². The fourth-order valence-electron chi connectivity index (χ4n) is 1.46. The highest BCUT2D eigenvalue weighted by molar-refractivity contribution is 9.10. The van der Waals surface area contributed by atoms with E-state index >= 15 is 0 Å². The second-order valence-electron chi connectivity index (χ2n) is 3.59. The molecule has 0 atom stereocenters. The van der Waals surface area contributed by atoms with Crippen LogP contribution in [0.15, 0.2) is 46.3 Å². The first-order valence-corrected chi connectivity index (χ1v) is 6.99. The van der Waals surface area contributed by atoms with E-state index in [-0.39, 0.29) is 5.91 Å². The summed E-state index contributed by atoms with van der Waals surface area (Å²) in [6.07, 6.45) is 0.889. The first kappa shape index (κ1) is 12.3. The number of hydrogen-bond donors (Lipinski definition) is 1. The molecular weight excluding hydrogens is 298 g/mol. The van der Waals surface area contributed by atoms with Crippen LogP contribution in [0.25, 0.3) is 0 Å². The second-order valence-corrected chi connectivity index (χ2v) is 5.54. The minimum atomic E-state index is -0.0194. The third-order valence-electron chi connectivity index (χ3n) is 2.34. The molecular formula is C13H12BrNOS. The van der Waals surface area contributed by atoms with Crippen molar-refractivity contribution in [1.82, 2.24) is 5.32 Å².